The summed E-state index contributed by atoms with van der Waals surface area (Å²) in [6, 6.07) is 13.5. The van der Waals surface area contributed by atoms with E-state index in [1.807, 2.05) is 12.4 Å². The Hall–Kier alpha value is -4.79. The molecule has 2 aromatic heterocycles. The third-order valence-electron chi connectivity index (χ3n) is 10.4. The second-order valence-electron chi connectivity index (χ2n) is 14.0. The number of piperidine rings is 2. The lowest BCUT2D eigenvalue weighted by molar-refractivity contribution is -0.125. The van der Waals surface area contributed by atoms with Crippen molar-refractivity contribution in [2.24, 2.45) is 7.05 Å². The third kappa shape index (κ3) is 10.5. The van der Waals surface area contributed by atoms with Crippen LogP contribution in [0.5, 0.6) is 5.75 Å². The molecule has 56 heavy (non-hydrogen) atoms. The Morgan fingerprint density at radius 1 is 0.875 bits per heavy atom. The van der Waals surface area contributed by atoms with Crippen LogP contribution in [0.25, 0.3) is 27.9 Å². The molecule has 0 radical (unpaired) electrons. The number of rotatable bonds is 21. The number of likely N-dealkylation sites (N-methyl/N-ethyl adjacent to an activating group) is 1. The van der Waals surface area contributed by atoms with Crippen LogP contribution in [0.4, 0.5) is 5.69 Å². The first-order valence-corrected chi connectivity index (χ1v) is 19.5. The number of nitrogens with one attached hydrogen (secondary N) is 1. The molecule has 0 bridgehead atoms. The van der Waals surface area contributed by atoms with Crippen LogP contribution in [0, 0.1) is 0 Å². The smallest absolute Gasteiger partial charge is 0.255 e. The largest absolute Gasteiger partial charge is 0.491 e. The maximum absolute atomic E-state index is 13.3. The zero-order valence-electron chi connectivity index (χ0n) is 32.7. The van der Waals surface area contributed by atoms with Crippen molar-refractivity contribution in [3.05, 3.63) is 84.8 Å². The number of carbonyl (C=O) groups excluding carboxylic acids is 2. The number of benzene rings is 2. The van der Waals surface area contributed by atoms with Gasteiger partial charge >= 0.3 is 0 Å². The van der Waals surface area contributed by atoms with E-state index in [0.29, 0.717) is 101 Å². The van der Waals surface area contributed by atoms with Gasteiger partial charge in [-0.25, -0.2) is 0 Å². The maximum Gasteiger partial charge on any atom is 0.255 e. The number of hydrogen-bond acceptors (Lipinski definition) is 10. The molecule has 4 heterocycles. The van der Waals surface area contributed by atoms with Crippen LogP contribution in [0.1, 0.15) is 41.6 Å². The zero-order valence-corrected chi connectivity index (χ0v) is 32.7. The Labute approximate surface area is 329 Å². The molecule has 2 amide bonds. The van der Waals surface area contributed by atoms with Crippen molar-refractivity contribution in [2.75, 3.05) is 91.1 Å². The van der Waals surface area contributed by atoms with Gasteiger partial charge in [0.2, 0.25) is 5.91 Å². The molecule has 0 saturated carbocycles. The number of aromatic nitrogens is 2. The molecule has 2 saturated heterocycles. The number of carbonyl (C=O) groups is 2. The van der Waals surface area contributed by atoms with Crippen LogP contribution in [-0.4, -0.2) is 125 Å². The van der Waals surface area contributed by atoms with Crippen LogP contribution in [0.3, 0.4) is 0 Å². The fraction of sp³-hybridized carbons (Fsp3) is 0.465. The highest BCUT2D eigenvalue weighted by atomic mass is 16.6. The van der Waals surface area contributed by atoms with Gasteiger partial charge in [-0.15, -0.1) is 0 Å². The van der Waals surface area contributed by atoms with Gasteiger partial charge in [-0.2, -0.15) is 0 Å². The highest BCUT2D eigenvalue weighted by molar-refractivity contribution is 6.08. The van der Waals surface area contributed by atoms with Gasteiger partial charge in [-0.3, -0.25) is 14.6 Å². The summed E-state index contributed by atoms with van der Waals surface area (Å²) >= 11 is 0. The molecule has 1 atom stereocenters. The second-order valence-corrected chi connectivity index (χ2v) is 14.0. The van der Waals surface area contributed by atoms with Gasteiger partial charge in [0.05, 0.1) is 82.2 Å². The van der Waals surface area contributed by atoms with Crippen molar-refractivity contribution >= 4 is 45.4 Å². The molecular weight excluding hydrogens is 714 g/mol. The van der Waals surface area contributed by atoms with Gasteiger partial charge in [-0.05, 0) is 61.6 Å². The van der Waals surface area contributed by atoms with Gasteiger partial charge < -0.3 is 48.1 Å². The Morgan fingerprint density at radius 2 is 1.55 bits per heavy atom. The molecule has 0 spiro atoms. The minimum atomic E-state index is -0.563. The van der Waals surface area contributed by atoms with Gasteiger partial charge in [0, 0.05) is 61.7 Å². The van der Waals surface area contributed by atoms with Crippen molar-refractivity contribution in [1.82, 2.24) is 19.8 Å². The van der Waals surface area contributed by atoms with Gasteiger partial charge in [-0.1, -0.05) is 31.4 Å². The summed E-state index contributed by atoms with van der Waals surface area (Å²) in [6.45, 7) is 14.2. The molecule has 13 heteroatoms. The topological polar surface area (TPSA) is 126 Å². The van der Waals surface area contributed by atoms with Crippen LogP contribution < -0.4 is 15.0 Å². The number of allylic oxidation sites excluding steroid dienone is 1. The molecule has 2 fully saturated rings. The van der Waals surface area contributed by atoms with Crippen LogP contribution >= 0.6 is 0 Å². The lowest BCUT2D eigenvalue weighted by Gasteiger charge is -2.33. The van der Waals surface area contributed by atoms with Gasteiger partial charge in [0.1, 0.15) is 18.4 Å². The molecule has 0 aliphatic carbocycles. The monoisotopic (exact) mass is 769 g/mol. The molecular formula is C43H55N5O8. The molecule has 4 aromatic rings. The van der Waals surface area contributed by atoms with E-state index in [1.165, 1.54) is 32.4 Å². The van der Waals surface area contributed by atoms with E-state index in [1.54, 1.807) is 31.3 Å². The first kappa shape index (κ1) is 40.9. The molecule has 1 N–H and O–H groups in total. The number of amides is 2. The summed E-state index contributed by atoms with van der Waals surface area (Å²) in [7, 11) is 3.75. The van der Waals surface area contributed by atoms with Crippen molar-refractivity contribution in [2.45, 2.75) is 37.8 Å². The normalized spacial score (nSPS) is 16.4. The van der Waals surface area contributed by atoms with Crippen LogP contribution in [0.15, 0.2) is 73.7 Å². The number of ether oxygens (including phenoxy) is 6. The van der Waals surface area contributed by atoms with Crippen molar-refractivity contribution in [3.8, 4) is 5.75 Å². The van der Waals surface area contributed by atoms with E-state index in [-0.39, 0.29) is 17.9 Å². The average molecular weight is 770 g/mol. The first-order valence-electron chi connectivity index (χ1n) is 19.5. The Balaban J connectivity index is 0.748. The number of fused-ring (bicyclic) bond motifs is 3. The predicted octanol–water partition coefficient (Wildman–Crippen LogP) is 5.36. The van der Waals surface area contributed by atoms with E-state index < -0.39 is 6.04 Å². The molecule has 6 rings (SSSR count). The van der Waals surface area contributed by atoms with Crippen molar-refractivity contribution in [1.29, 1.82) is 0 Å². The summed E-state index contributed by atoms with van der Waals surface area (Å²) < 4.78 is 36.7. The summed E-state index contributed by atoms with van der Waals surface area (Å²) in [6.07, 6.45) is 8.80. The molecule has 1 unspecified atom stereocenters. The highest BCUT2D eigenvalue weighted by Gasteiger charge is 2.31. The molecule has 300 valence electrons. The first-order chi connectivity index (χ1) is 27.3. The lowest BCUT2D eigenvalue weighted by atomic mass is 10.0. The molecule has 2 aliphatic rings. The van der Waals surface area contributed by atoms with Gasteiger partial charge in [0.15, 0.2) is 0 Å². The fourth-order valence-electron chi connectivity index (χ4n) is 7.23. The van der Waals surface area contributed by atoms with Crippen molar-refractivity contribution in [3.63, 3.8) is 0 Å². The zero-order chi connectivity index (χ0) is 39.3. The average Bonchev–Trinajstić information content (AvgIpc) is 3.50. The number of nitrogens with zero attached hydrogens (tertiary/aromatic N) is 4. The second kappa shape index (κ2) is 20.4. The standard InChI is InChI=1S/C43H55N5O8/c1-5-32-7-9-35(29-37(32)43(50)47(4)40-11-6-31(2)45-42(40)49)56-27-25-54-23-21-52-19-18-51-20-22-53-24-26-55-34-13-16-48(17-14-34)33-8-10-36-38-30-44-15-12-39(38)46(3)41(36)28-33/h5,7-10,12,15,28-30,34,40H,1-2,6,11,13-14,16-27H2,3-4H3,(H,45,49). The van der Waals surface area contributed by atoms with E-state index in [4.69, 9.17) is 28.4 Å². The van der Waals surface area contributed by atoms with Crippen molar-refractivity contribution < 1.29 is 38.0 Å². The Kier molecular flexibility index (Phi) is 14.9. The van der Waals surface area contributed by atoms with Crippen LogP contribution in [-0.2, 0) is 35.5 Å². The minimum Gasteiger partial charge on any atom is -0.491 e. The third-order valence-corrected chi connectivity index (χ3v) is 10.4. The van der Waals surface area contributed by atoms with Gasteiger partial charge in [0.25, 0.3) is 5.91 Å². The van der Waals surface area contributed by atoms with E-state index in [2.05, 4.69) is 64.2 Å². The Morgan fingerprint density at radius 3 is 2.23 bits per heavy atom. The lowest BCUT2D eigenvalue weighted by Crippen LogP contribution is -2.50. The summed E-state index contributed by atoms with van der Waals surface area (Å²) in [5.41, 5.74) is 5.43. The van der Waals surface area contributed by atoms with E-state index in [9.17, 15) is 9.59 Å². The maximum atomic E-state index is 13.3. The quantitative estimate of drug-likeness (QED) is 0.111. The summed E-state index contributed by atoms with van der Waals surface area (Å²) in [4.78, 5) is 34.0. The number of anilines is 1. The number of hydrogen-bond donors (Lipinski definition) is 1. The molecule has 2 aromatic carbocycles. The number of pyridine rings is 1. The summed E-state index contributed by atoms with van der Waals surface area (Å²) in [5, 5.41) is 5.16. The molecule has 2 aliphatic heterocycles. The highest BCUT2D eigenvalue weighted by Crippen LogP contribution is 2.32. The Bertz CT molecular complexity index is 1960. The number of aryl methyl sites for hydroxylation is 1. The minimum absolute atomic E-state index is 0.228. The predicted molar refractivity (Wildman–Crippen MR) is 217 cm³/mol. The fourth-order valence-corrected chi connectivity index (χ4v) is 7.23. The molecule has 13 nitrogen and oxygen atoms in total. The van der Waals surface area contributed by atoms with Crippen LogP contribution in [0.2, 0.25) is 0 Å². The van der Waals surface area contributed by atoms with E-state index >= 15 is 0 Å². The summed E-state index contributed by atoms with van der Waals surface area (Å²) in [5.74, 6) is 0.0274. The van der Waals surface area contributed by atoms with E-state index in [0.717, 1.165) is 25.9 Å². The SMILES string of the molecule is C=Cc1ccc(OCCOCCOCCOCCOCCOC2CCN(c3ccc4c5cnccc5n(C)c4c3)CC2)cc1C(=O)N(C)C1CCC(=C)NC1=O.